The van der Waals surface area contributed by atoms with Gasteiger partial charge in [0.05, 0.1) is 6.61 Å². The van der Waals surface area contributed by atoms with Gasteiger partial charge in [0.15, 0.2) is 6.10 Å². The Kier molecular flexibility index (Phi) is 49.4. The van der Waals surface area contributed by atoms with Crippen LogP contribution in [0.4, 0.5) is 0 Å². The fourth-order valence-electron chi connectivity index (χ4n) is 7.39. The molecule has 0 unspecified atom stereocenters. The number of carbonyl (C=O) groups is 2. The van der Waals surface area contributed by atoms with Gasteiger partial charge in [0, 0.05) is 19.4 Å². The zero-order valence-corrected chi connectivity index (χ0v) is 40.2. The van der Waals surface area contributed by atoms with Gasteiger partial charge in [-0.3, -0.25) is 9.59 Å². The maximum Gasteiger partial charge on any atom is 0.306 e. The minimum Gasteiger partial charge on any atom is -0.462 e. The summed E-state index contributed by atoms with van der Waals surface area (Å²) in [5, 5.41) is 0. The zero-order chi connectivity index (χ0) is 43.5. The lowest BCUT2D eigenvalue weighted by Gasteiger charge is -2.18. The van der Waals surface area contributed by atoms with Crippen molar-refractivity contribution in [2.75, 3.05) is 19.8 Å². The third-order valence-electron chi connectivity index (χ3n) is 11.3. The van der Waals surface area contributed by atoms with E-state index in [4.69, 9.17) is 14.2 Å². The number of ether oxygens (including phenoxy) is 3. The number of rotatable bonds is 48. The van der Waals surface area contributed by atoms with E-state index in [0.717, 1.165) is 64.2 Å². The Bertz CT molecular complexity index is 997. The molecular formula is C55H100O5. The number of unbranched alkanes of at least 4 members (excludes halogenated alkanes) is 29. The molecule has 350 valence electrons. The summed E-state index contributed by atoms with van der Waals surface area (Å²) in [5.41, 5.74) is 0. The summed E-state index contributed by atoms with van der Waals surface area (Å²) in [6, 6.07) is 0. The highest BCUT2D eigenvalue weighted by Crippen LogP contribution is 2.15. The molecule has 0 saturated carbocycles. The molecule has 0 rings (SSSR count). The first kappa shape index (κ1) is 57.9. The van der Waals surface area contributed by atoms with E-state index in [2.05, 4.69) is 69.4 Å². The molecule has 0 aliphatic rings. The van der Waals surface area contributed by atoms with Crippen LogP contribution in [0.25, 0.3) is 0 Å². The van der Waals surface area contributed by atoms with Crippen LogP contribution in [-0.2, 0) is 23.8 Å². The molecule has 0 aliphatic heterocycles. The Balaban J connectivity index is 4.29. The van der Waals surface area contributed by atoms with Gasteiger partial charge in [-0.1, -0.05) is 230 Å². The van der Waals surface area contributed by atoms with E-state index >= 15 is 0 Å². The highest BCUT2D eigenvalue weighted by atomic mass is 16.6. The van der Waals surface area contributed by atoms with Crippen LogP contribution in [-0.4, -0.2) is 37.9 Å². The van der Waals surface area contributed by atoms with Gasteiger partial charge in [0.2, 0.25) is 0 Å². The molecule has 0 aromatic carbocycles. The quantitative estimate of drug-likeness (QED) is 0.0347. The van der Waals surface area contributed by atoms with E-state index in [-0.39, 0.29) is 25.2 Å². The third-order valence-corrected chi connectivity index (χ3v) is 11.3. The molecular weight excluding hydrogens is 741 g/mol. The normalized spacial score (nSPS) is 12.5. The SMILES string of the molecule is CCCC/C=C\CCCCCCCC(=O)O[C@H](COCCCCCCCCCCCCCCCCCC)COC(=O)CCC/C=C\C/C=C\C/C=C\CCCCCCCC. The number of hydrogen-bond donors (Lipinski definition) is 0. The number of allylic oxidation sites excluding steroid dienone is 8. The zero-order valence-electron chi connectivity index (χ0n) is 40.2. The van der Waals surface area contributed by atoms with E-state index in [1.54, 1.807) is 0 Å². The summed E-state index contributed by atoms with van der Waals surface area (Å²) in [6.45, 7) is 7.76. The maximum atomic E-state index is 12.8. The molecule has 0 aromatic rings. The molecule has 1 atom stereocenters. The molecule has 5 heteroatoms. The topological polar surface area (TPSA) is 61.8 Å². The highest BCUT2D eigenvalue weighted by molar-refractivity contribution is 5.70. The van der Waals surface area contributed by atoms with Gasteiger partial charge in [0.25, 0.3) is 0 Å². The lowest BCUT2D eigenvalue weighted by molar-refractivity contribution is -0.163. The second-order valence-corrected chi connectivity index (χ2v) is 17.4. The van der Waals surface area contributed by atoms with E-state index in [1.807, 2.05) is 0 Å². The highest BCUT2D eigenvalue weighted by Gasteiger charge is 2.17. The first-order chi connectivity index (χ1) is 29.6. The standard InChI is InChI=1S/C55H100O5/c1-4-7-10-13-16-19-22-24-26-28-29-31-34-36-39-42-45-48-54(56)59-52-53(60-55(57)49-46-43-40-37-33-21-18-15-12-9-6-3)51-58-50-47-44-41-38-35-32-30-27-25-23-20-17-14-11-8-5-2/h15,18,24,26,29,31,36,39,53H,4-14,16-17,19-23,25,27-28,30,32-35,37-38,40-52H2,1-3H3/b18-15-,26-24-,31-29-,39-36-/t53-/m1/s1. The third kappa shape index (κ3) is 48.5. The van der Waals surface area contributed by atoms with Gasteiger partial charge in [-0.2, -0.15) is 0 Å². The molecule has 5 nitrogen and oxygen atoms in total. The molecule has 0 aliphatic carbocycles. The minimum atomic E-state index is -0.556. The monoisotopic (exact) mass is 841 g/mol. The maximum absolute atomic E-state index is 12.8. The second kappa shape index (κ2) is 51.2. The number of esters is 2. The molecule has 0 aromatic heterocycles. The summed E-state index contributed by atoms with van der Waals surface area (Å²) in [5.74, 6) is -0.459. The van der Waals surface area contributed by atoms with Gasteiger partial charge < -0.3 is 14.2 Å². The van der Waals surface area contributed by atoms with E-state index in [9.17, 15) is 9.59 Å². The summed E-state index contributed by atoms with van der Waals surface area (Å²) in [4.78, 5) is 25.3. The Morgan fingerprint density at radius 1 is 0.367 bits per heavy atom. The van der Waals surface area contributed by atoms with Gasteiger partial charge >= 0.3 is 11.9 Å². The molecule has 0 bridgehead atoms. The van der Waals surface area contributed by atoms with Gasteiger partial charge in [0.1, 0.15) is 6.61 Å². The molecule has 0 radical (unpaired) electrons. The predicted molar refractivity (Wildman–Crippen MR) is 261 cm³/mol. The van der Waals surface area contributed by atoms with Crippen molar-refractivity contribution in [3.63, 3.8) is 0 Å². The molecule has 0 fully saturated rings. The van der Waals surface area contributed by atoms with Crippen LogP contribution in [0, 0.1) is 0 Å². The molecule has 60 heavy (non-hydrogen) atoms. The fourth-order valence-corrected chi connectivity index (χ4v) is 7.39. The Morgan fingerprint density at radius 3 is 1.23 bits per heavy atom. The lowest BCUT2D eigenvalue weighted by atomic mass is 10.0. The first-order valence-electron chi connectivity index (χ1n) is 26.2. The largest absolute Gasteiger partial charge is 0.462 e. The van der Waals surface area contributed by atoms with Crippen molar-refractivity contribution in [2.24, 2.45) is 0 Å². The smallest absolute Gasteiger partial charge is 0.306 e. The van der Waals surface area contributed by atoms with Crippen LogP contribution in [0.1, 0.15) is 265 Å². The van der Waals surface area contributed by atoms with Crippen LogP contribution in [0.5, 0.6) is 0 Å². The van der Waals surface area contributed by atoms with Gasteiger partial charge in [-0.15, -0.1) is 0 Å². The fraction of sp³-hybridized carbons (Fsp3) is 0.818. The van der Waals surface area contributed by atoms with Crippen molar-refractivity contribution in [1.29, 1.82) is 0 Å². The first-order valence-corrected chi connectivity index (χ1v) is 26.2. The summed E-state index contributed by atoms with van der Waals surface area (Å²) >= 11 is 0. The molecule has 0 N–H and O–H groups in total. The summed E-state index contributed by atoms with van der Waals surface area (Å²) in [7, 11) is 0. The van der Waals surface area contributed by atoms with Gasteiger partial charge in [-0.25, -0.2) is 0 Å². The average Bonchev–Trinajstić information content (AvgIpc) is 3.25. The van der Waals surface area contributed by atoms with E-state index < -0.39 is 6.10 Å². The van der Waals surface area contributed by atoms with Crippen LogP contribution in [0.3, 0.4) is 0 Å². The van der Waals surface area contributed by atoms with E-state index in [0.29, 0.717) is 19.4 Å². The average molecular weight is 841 g/mol. The molecule has 0 saturated heterocycles. The van der Waals surface area contributed by atoms with Crippen LogP contribution in [0.2, 0.25) is 0 Å². The van der Waals surface area contributed by atoms with Gasteiger partial charge in [-0.05, 0) is 70.6 Å². The van der Waals surface area contributed by atoms with Crippen molar-refractivity contribution < 1.29 is 23.8 Å². The van der Waals surface area contributed by atoms with Crippen molar-refractivity contribution in [3.05, 3.63) is 48.6 Å². The summed E-state index contributed by atoms with van der Waals surface area (Å²) < 4.78 is 17.3. The van der Waals surface area contributed by atoms with Crippen molar-refractivity contribution in [3.8, 4) is 0 Å². The lowest BCUT2D eigenvalue weighted by Crippen LogP contribution is -2.30. The van der Waals surface area contributed by atoms with Crippen LogP contribution < -0.4 is 0 Å². The van der Waals surface area contributed by atoms with Crippen LogP contribution in [0.15, 0.2) is 48.6 Å². The van der Waals surface area contributed by atoms with Crippen LogP contribution >= 0.6 is 0 Å². The Morgan fingerprint density at radius 2 is 0.733 bits per heavy atom. The molecule has 0 heterocycles. The van der Waals surface area contributed by atoms with Crippen molar-refractivity contribution in [2.45, 2.75) is 271 Å². The van der Waals surface area contributed by atoms with Crippen molar-refractivity contribution >= 4 is 11.9 Å². The molecule has 0 spiro atoms. The number of carbonyl (C=O) groups excluding carboxylic acids is 2. The Labute approximate surface area is 373 Å². The second-order valence-electron chi connectivity index (χ2n) is 17.4. The minimum absolute atomic E-state index is 0.0589. The Hall–Kier alpha value is -2.14. The number of hydrogen-bond acceptors (Lipinski definition) is 5. The predicted octanol–water partition coefficient (Wildman–Crippen LogP) is 17.6. The molecule has 0 amide bonds. The van der Waals surface area contributed by atoms with Crippen molar-refractivity contribution in [1.82, 2.24) is 0 Å². The van der Waals surface area contributed by atoms with E-state index in [1.165, 1.54) is 167 Å². The summed E-state index contributed by atoms with van der Waals surface area (Å²) in [6.07, 6.45) is 62.7.